The third-order valence-corrected chi connectivity index (χ3v) is 4.73. The van der Waals surface area contributed by atoms with Gasteiger partial charge in [0.2, 0.25) is 5.91 Å². The highest BCUT2D eigenvalue weighted by molar-refractivity contribution is 5.92. The van der Waals surface area contributed by atoms with Crippen LogP contribution in [0.15, 0.2) is 76.7 Å². The first-order chi connectivity index (χ1) is 15.1. The number of nitrogens with zero attached hydrogens (tertiary/aromatic N) is 4. The predicted octanol–water partition coefficient (Wildman–Crippen LogP) is 1.65. The number of para-hydroxylation sites is 2. The van der Waals surface area contributed by atoms with Crippen LogP contribution in [0.3, 0.4) is 0 Å². The van der Waals surface area contributed by atoms with E-state index < -0.39 is 17.2 Å². The average molecular weight is 417 g/mol. The number of carbonyl (C=O) groups excluding carboxylic acids is 1. The molecular weight excluding hydrogens is 398 g/mol. The van der Waals surface area contributed by atoms with Gasteiger partial charge in [-0.15, -0.1) is 0 Å². The predicted molar refractivity (Wildman–Crippen MR) is 115 cm³/mol. The third-order valence-electron chi connectivity index (χ3n) is 4.73. The molecule has 1 amide bonds. The molecule has 0 spiro atoms. The lowest BCUT2D eigenvalue weighted by atomic mass is 10.2. The highest BCUT2D eigenvalue weighted by atomic mass is 16.5. The summed E-state index contributed by atoms with van der Waals surface area (Å²) < 4.78 is 7.55. The van der Waals surface area contributed by atoms with Gasteiger partial charge in [-0.25, -0.2) is 9.78 Å². The van der Waals surface area contributed by atoms with Gasteiger partial charge in [-0.3, -0.25) is 23.7 Å². The maximum Gasteiger partial charge on any atom is 0.332 e. The molecule has 0 atom stereocenters. The number of benzene rings is 1. The summed E-state index contributed by atoms with van der Waals surface area (Å²) in [6.45, 7) is -0.279. The summed E-state index contributed by atoms with van der Waals surface area (Å²) in [6, 6.07) is 13.7. The summed E-state index contributed by atoms with van der Waals surface area (Å²) in [5.74, 6) is 0.0552. The number of pyridine rings is 2. The average Bonchev–Trinajstić information content (AvgIpc) is 2.80. The summed E-state index contributed by atoms with van der Waals surface area (Å²) in [5.41, 5.74) is 0.428. The fourth-order valence-corrected chi connectivity index (χ4v) is 3.29. The van der Waals surface area contributed by atoms with Gasteiger partial charge in [0.25, 0.3) is 5.56 Å². The summed E-state index contributed by atoms with van der Waals surface area (Å²) in [6.07, 6.45) is 4.66. The van der Waals surface area contributed by atoms with Crippen molar-refractivity contribution >= 4 is 22.6 Å². The minimum absolute atomic E-state index is 0.0200. The van der Waals surface area contributed by atoms with Gasteiger partial charge in [0.1, 0.15) is 12.3 Å². The summed E-state index contributed by atoms with van der Waals surface area (Å²) in [7, 11) is 1.50. The Balaban J connectivity index is 1.75. The molecule has 0 aliphatic rings. The van der Waals surface area contributed by atoms with Crippen molar-refractivity contribution in [3.8, 4) is 5.75 Å². The Morgan fingerprint density at radius 1 is 1.03 bits per heavy atom. The standard InChI is InChI=1S/C22H19N5O4/c1-31-18-9-3-2-7-16(18)25-19(28)14-26-17-8-5-11-24-20(17)21(29)27(22(26)30)13-15-6-4-10-23-12-15/h2-12H,13-14H2,1H3,(H,25,28). The molecule has 0 saturated carbocycles. The fourth-order valence-electron chi connectivity index (χ4n) is 3.29. The molecule has 0 aliphatic heterocycles. The highest BCUT2D eigenvalue weighted by Gasteiger charge is 2.17. The molecule has 4 aromatic rings. The van der Waals surface area contributed by atoms with Crippen LogP contribution in [0, 0.1) is 0 Å². The molecule has 0 saturated heterocycles. The van der Waals surface area contributed by atoms with Crippen molar-refractivity contribution in [1.82, 2.24) is 19.1 Å². The Morgan fingerprint density at radius 3 is 2.61 bits per heavy atom. The van der Waals surface area contributed by atoms with Crippen molar-refractivity contribution in [1.29, 1.82) is 0 Å². The second-order valence-electron chi connectivity index (χ2n) is 6.74. The number of amides is 1. The van der Waals surface area contributed by atoms with Crippen molar-refractivity contribution in [3.63, 3.8) is 0 Å². The van der Waals surface area contributed by atoms with E-state index in [-0.39, 0.29) is 24.1 Å². The molecule has 1 aromatic carbocycles. The second kappa shape index (κ2) is 8.62. The number of hydrogen-bond acceptors (Lipinski definition) is 6. The van der Waals surface area contributed by atoms with Crippen LogP contribution in [0.1, 0.15) is 5.56 Å². The summed E-state index contributed by atoms with van der Waals surface area (Å²) in [5, 5.41) is 2.74. The van der Waals surface area contributed by atoms with Crippen molar-refractivity contribution in [2.75, 3.05) is 12.4 Å². The number of fused-ring (bicyclic) bond motifs is 1. The molecule has 0 radical (unpaired) electrons. The Morgan fingerprint density at radius 2 is 1.84 bits per heavy atom. The smallest absolute Gasteiger partial charge is 0.332 e. The Labute approximate surface area is 176 Å². The molecule has 156 valence electrons. The van der Waals surface area contributed by atoms with Crippen LogP contribution in [-0.4, -0.2) is 32.1 Å². The van der Waals surface area contributed by atoms with Crippen LogP contribution >= 0.6 is 0 Å². The van der Waals surface area contributed by atoms with Gasteiger partial charge in [0.05, 0.1) is 24.9 Å². The van der Waals surface area contributed by atoms with E-state index in [0.717, 1.165) is 4.57 Å². The Hall–Kier alpha value is -4.27. The van der Waals surface area contributed by atoms with E-state index in [9.17, 15) is 14.4 Å². The topological polar surface area (TPSA) is 108 Å². The van der Waals surface area contributed by atoms with E-state index in [2.05, 4.69) is 15.3 Å². The number of nitrogens with one attached hydrogen (secondary N) is 1. The first kappa shape index (κ1) is 20.0. The van der Waals surface area contributed by atoms with Gasteiger partial charge in [-0.1, -0.05) is 18.2 Å². The first-order valence-electron chi connectivity index (χ1n) is 9.48. The van der Waals surface area contributed by atoms with Gasteiger partial charge in [-0.2, -0.15) is 0 Å². The van der Waals surface area contributed by atoms with Gasteiger partial charge < -0.3 is 10.1 Å². The molecule has 31 heavy (non-hydrogen) atoms. The first-order valence-corrected chi connectivity index (χ1v) is 9.48. The summed E-state index contributed by atoms with van der Waals surface area (Å²) >= 11 is 0. The van der Waals surface area contributed by atoms with E-state index in [0.29, 0.717) is 17.0 Å². The Kier molecular flexibility index (Phi) is 5.57. The number of rotatable bonds is 6. The van der Waals surface area contributed by atoms with Gasteiger partial charge in [-0.05, 0) is 35.9 Å². The zero-order valence-corrected chi connectivity index (χ0v) is 16.7. The maximum atomic E-state index is 13.2. The zero-order valence-electron chi connectivity index (χ0n) is 16.7. The molecule has 0 fully saturated rings. The molecule has 3 aromatic heterocycles. The summed E-state index contributed by atoms with van der Waals surface area (Å²) in [4.78, 5) is 47.0. The molecule has 9 nitrogen and oxygen atoms in total. The zero-order chi connectivity index (χ0) is 21.8. The van der Waals surface area contributed by atoms with Crippen molar-refractivity contribution in [2.45, 2.75) is 13.1 Å². The van der Waals surface area contributed by atoms with Crippen LogP contribution in [0.2, 0.25) is 0 Å². The number of carbonyl (C=O) groups is 1. The largest absolute Gasteiger partial charge is 0.495 e. The van der Waals surface area contributed by atoms with E-state index >= 15 is 0 Å². The van der Waals surface area contributed by atoms with Crippen molar-refractivity contribution in [3.05, 3.63) is 93.5 Å². The number of methoxy groups -OCH3 is 1. The molecule has 0 bridgehead atoms. The molecule has 0 unspecified atom stereocenters. The molecular formula is C22H19N5O4. The lowest BCUT2D eigenvalue weighted by Crippen LogP contribution is -2.42. The van der Waals surface area contributed by atoms with Crippen LogP contribution in [0.5, 0.6) is 5.75 Å². The van der Waals surface area contributed by atoms with Crippen LogP contribution in [0.25, 0.3) is 11.0 Å². The monoisotopic (exact) mass is 417 g/mol. The number of hydrogen-bond donors (Lipinski definition) is 1. The lowest BCUT2D eigenvalue weighted by Gasteiger charge is -2.14. The lowest BCUT2D eigenvalue weighted by molar-refractivity contribution is -0.116. The Bertz CT molecular complexity index is 1360. The minimum atomic E-state index is -0.607. The maximum absolute atomic E-state index is 13.2. The highest BCUT2D eigenvalue weighted by Crippen LogP contribution is 2.23. The molecule has 3 heterocycles. The van der Waals surface area contributed by atoms with Crippen LogP contribution in [0.4, 0.5) is 5.69 Å². The van der Waals surface area contributed by atoms with E-state index in [4.69, 9.17) is 4.74 Å². The van der Waals surface area contributed by atoms with Gasteiger partial charge in [0.15, 0.2) is 5.52 Å². The molecule has 9 heteroatoms. The van der Waals surface area contributed by atoms with Crippen LogP contribution < -0.4 is 21.3 Å². The second-order valence-corrected chi connectivity index (χ2v) is 6.74. The fraction of sp³-hybridized carbons (Fsp3) is 0.136. The van der Waals surface area contributed by atoms with Crippen molar-refractivity contribution < 1.29 is 9.53 Å². The number of anilines is 1. The van der Waals surface area contributed by atoms with E-state index in [1.54, 1.807) is 60.9 Å². The van der Waals surface area contributed by atoms with Crippen molar-refractivity contribution in [2.24, 2.45) is 0 Å². The van der Waals surface area contributed by atoms with Crippen LogP contribution in [-0.2, 0) is 17.9 Å². The normalized spacial score (nSPS) is 10.7. The van der Waals surface area contributed by atoms with Gasteiger partial charge >= 0.3 is 5.69 Å². The number of ether oxygens (including phenoxy) is 1. The SMILES string of the molecule is COc1ccccc1NC(=O)Cn1c(=O)n(Cc2cccnc2)c(=O)c2ncccc21. The van der Waals surface area contributed by atoms with E-state index in [1.165, 1.54) is 17.9 Å². The van der Waals surface area contributed by atoms with Gasteiger partial charge in [0, 0.05) is 18.6 Å². The third kappa shape index (κ3) is 4.06. The number of aromatic nitrogens is 4. The van der Waals surface area contributed by atoms with E-state index in [1.807, 2.05) is 0 Å². The quantitative estimate of drug-likeness (QED) is 0.511. The minimum Gasteiger partial charge on any atom is -0.495 e. The molecule has 1 N–H and O–H groups in total. The molecule has 0 aliphatic carbocycles. The molecule has 4 rings (SSSR count).